The van der Waals surface area contributed by atoms with E-state index in [1.807, 2.05) is 34.9 Å². The highest BCUT2D eigenvalue weighted by Crippen LogP contribution is 2.28. The molecule has 0 aliphatic carbocycles. The van der Waals surface area contributed by atoms with Gasteiger partial charge in [-0.05, 0) is 30.3 Å². The number of imidazole rings is 1. The summed E-state index contributed by atoms with van der Waals surface area (Å²) in [6.45, 7) is 0. The Balaban J connectivity index is 1.93. The fourth-order valence-electron chi connectivity index (χ4n) is 2.41. The Morgan fingerprint density at radius 1 is 1.14 bits per heavy atom. The Bertz CT molecular complexity index is 960. The van der Waals surface area contributed by atoms with Crippen LogP contribution in [0.5, 0.6) is 0 Å². The topological polar surface area (TPSA) is 69.3 Å². The number of nitrogens with two attached hydrogens (primary N) is 1. The number of halogens is 1. The molecule has 0 spiro atoms. The molecule has 2 N–H and O–H groups in total. The Morgan fingerprint density at radius 3 is 2.86 bits per heavy atom. The van der Waals surface area contributed by atoms with Crippen LogP contribution in [0.3, 0.4) is 0 Å². The third-order valence-corrected chi connectivity index (χ3v) is 3.63. The van der Waals surface area contributed by atoms with Crippen molar-refractivity contribution in [1.82, 2.24) is 14.4 Å². The fourth-order valence-corrected chi connectivity index (χ4v) is 2.62. The molecule has 0 saturated carbocycles. The molecule has 6 heteroatoms. The van der Waals surface area contributed by atoms with E-state index in [-0.39, 0.29) is 0 Å². The van der Waals surface area contributed by atoms with Crippen LogP contribution in [0.25, 0.3) is 28.2 Å². The number of aromatic nitrogens is 3. The summed E-state index contributed by atoms with van der Waals surface area (Å²) < 4.78 is 7.04. The van der Waals surface area contributed by atoms with Crippen molar-refractivity contribution in [3.05, 3.63) is 60.4 Å². The van der Waals surface area contributed by atoms with Crippen molar-refractivity contribution in [2.24, 2.45) is 0 Å². The number of rotatable bonds is 2. The number of nitrogen functional groups attached to an aromatic ring is 1. The molecule has 0 saturated heterocycles. The smallest absolute Gasteiger partial charge is 0.137 e. The molecule has 0 aliphatic rings. The highest BCUT2D eigenvalue weighted by molar-refractivity contribution is 6.29. The second kappa shape index (κ2) is 4.89. The highest BCUT2D eigenvalue weighted by Gasteiger charge is 2.11. The minimum Gasteiger partial charge on any atom is -0.472 e. The summed E-state index contributed by atoms with van der Waals surface area (Å²) in [7, 11) is 0. The molecule has 0 radical (unpaired) electrons. The Hall–Kier alpha value is -2.79. The molecule has 0 fully saturated rings. The Morgan fingerprint density at radius 2 is 2.05 bits per heavy atom. The summed E-state index contributed by atoms with van der Waals surface area (Å²) in [5, 5.41) is 0.410. The van der Waals surface area contributed by atoms with Crippen LogP contribution in [-0.4, -0.2) is 14.4 Å². The van der Waals surface area contributed by atoms with Gasteiger partial charge in [-0.15, -0.1) is 0 Å². The maximum absolute atomic E-state index is 6.17. The lowest BCUT2D eigenvalue weighted by Crippen LogP contribution is -1.93. The summed E-state index contributed by atoms with van der Waals surface area (Å²) in [5.74, 6) is 0. The summed E-state index contributed by atoms with van der Waals surface area (Å²) in [6, 6.07) is 9.29. The zero-order chi connectivity index (χ0) is 15.1. The first-order chi connectivity index (χ1) is 10.7. The quantitative estimate of drug-likeness (QED) is 0.570. The SMILES string of the molecule is Nc1ccc2ncc(-c3cc(Cl)nc(-c4ccoc4)c3)n2c1. The van der Waals surface area contributed by atoms with Crippen LogP contribution in [0.2, 0.25) is 5.15 Å². The third kappa shape index (κ3) is 2.12. The molecule has 0 aromatic carbocycles. The summed E-state index contributed by atoms with van der Waals surface area (Å²) in [4.78, 5) is 8.72. The summed E-state index contributed by atoms with van der Waals surface area (Å²) in [6.07, 6.45) is 6.87. The van der Waals surface area contributed by atoms with Crippen LogP contribution in [0.15, 0.2) is 59.7 Å². The molecule has 22 heavy (non-hydrogen) atoms. The van der Waals surface area contributed by atoms with Gasteiger partial charge < -0.3 is 10.2 Å². The van der Waals surface area contributed by atoms with Crippen molar-refractivity contribution in [3.8, 4) is 22.5 Å². The maximum Gasteiger partial charge on any atom is 0.137 e. The molecule has 0 bridgehead atoms. The van der Waals surface area contributed by atoms with Crippen LogP contribution < -0.4 is 5.73 Å². The van der Waals surface area contributed by atoms with Crippen molar-refractivity contribution in [2.45, 2.75) is 0 Å². The predicted molar refractivity (Wildman–Crippen MR) is 85.5 cm³/mol. The number of anilines is 1. The number of fused-ring (bicyclic) bond motifs is 1. The first-order valence-electron chi connectivity index (χ1n) is 6.64. The van der Waals surface area contributed by atoms with E-state index in [0.29, 0.717) is 10.8 Å². The van der Waals surface area contributed by atoms with E-state index in [1.54, 1.807) is 24.8 Å². The zero-order valence-corrected chi connectivity index (χ0v) is 12.2. The van der Waals surface area contributed by atoms with Crippen molar-refractivity contribution >= 4 is 22.9 Å². The van der Waals surface area contributed by atoms with Crippen LogP contribution in [-0.2, 0) is 0 Å². The molecule has 4 rings (SSSR count). The molecule has 5 nitrogen and oxygen atoms in total. The van der Waals surface area contributed by atoms with Crippen LogP contribution in [0.4, 0.5) is 5.69 Å². The average Bonchev–Trinajstić information content (AvgIpc) is 3.16. The molecular formula is C16H11ClN4O. The molecule has 4 aromatic heterocycles. The Kier molecular flexibility index (Phi) is 2.87. The predicted octanol–water partition coefficient (Wildman–Crippen LogP) is 3.89. The lowest BCUT2D eigenvalue weighted by Gasteiger charge is -2.06. The van der Waals surface area contributed by atoms with Gasteiger partial charge in [-0.3, -0.25) is 4.40 Å². The number of hydrogen-bond acceptors (Lipinski definition) is 4. The van der Waals surface area contributed by atoms with E-state index < -0.39 is 0 Å². The number of pyridine rings is 2. The van der Waals surface area contributed by atoms with E-state index in [0.717, 1.165) is 28.2 Å². The molecule has 0 atom stereocenters. The van der Waals surface area contributed by atoms with Crippen LogP contribution >= 0.6 is 11.6 Å². The molecule has 0 amide bonds. The van der Waals surface area contributed by atoms with E-state index >= 15 is 0 Å². The van der Waals surface area contributed by atoms with Gasteiger partial charge in [0.05, 0.1) is 30.1 Å². The normalized spacial score (nSPS) is 11.1. The number of furan rings is 1. The molecule has 4 aromatic rings. The summed E-state index contributed by atoms with van der Waals surface area (Å²) in [5.41, 5.74) is 10.8. The van der Waals surface area contributed by atoms with Gasteiger partial charge in [0, 0.05) is 23.0 Å². The van der Waals surface area contributed by atoms with Gasteiger partial charge in [-0.2, -0.15) is 0 Å². The summed E-state index contributed by atoms with van der Waals surface area (Å²) >= 11 is 6.17. The van der Waals surface area contributed by atoms with Gasteiger partial charge in [0.25, 0.3) is 0 Å². The molecule has 0 unspecified atom stereocenters. The Labute approximate surface area is 131 Å². The van der Waals surface area contributed by atoms with E-state index in [1.165, 1.54) is 0 Å². The van der Waals surface area contributed by atoms with Crippen LogP contribution in [0, 0.1) is 0 Å². The number of nitrogens with zero attached hydrogens (tertiary/aromatic N) is 3. The van der Waals surface area contributed by atoms with Gasteiger partial charge in [-0.25, -0.2) is 9.97 Å². The van der Waals surface area contributed by atoms with Gasteiger partial charge in [-0.1, -0.05) is 11.6 Å². The fraction of sp³-hybridized carbons (Fsp3) is 0. The van der Waals surface area contributed by atoms with Gasteiger partial charge in [0.1, 0.15) is 10.8 Å². The van der Waals surface area contributed by atoms with Crippen molar-refractivity contribution in [1.29, 1.82) is 0 Å². The minimum absolute atomic E-state index is 0.410. The van der Waals surface area contributed by atoms with E-state index in [9.17, 15) is 0 Å². The van der Waals surface area contributed by atoms with Crippen molar-refractivity contribution in [2.75, 3.05) is 5.73 Å². The average molecular weight is 311 g/mol. The minimum atomic E-state index is 0.410. The lowest BCUT2D eigenvalue weighted by molar-refractivity contribution is 0.568. The van der Waals surface area contributed by atoms with E-state index in [2.05, 4.69) is 9.97 Å². The van der Waals surface area contributed by atoms with Crippen LogP contribution in [0.1, 0.15) is 0 Å². The second-order valence-electron chi connectivity index (χ2n) is 4.91. The lowest BCUT2D eigenvalue weighted by atomic mass is 10.1. The first kappa shape index (κ1) is 12.9. The van der Waals surface area contributed by atoms with Crippen molar-refractivity contribution < 1.29 is 4.42 Å². The monoisotopic (exact) mass is 310 g/mol. The van der Waals surface area contributed by atoms with Gasteiger partial charge in [0.2, 0.25) is 0 Å². The van der Waals surface area contributed by atoms with Gasteiger partial charge in [0.15, 0.2) is 0 Å². The molecule has 4 heterocycles. The molecule has 0 aliphatic heterocycles. The largest absolute Gasteiger partial charge is 0.472 e. The number of hydrogen-bond donors (Lipinski definition) is 1. The zero-order valence-electron chi connectivity index (χ0n) is 11.4. The molecule has 108 valence electrons. The van der Waals surface area contributed by atoms with E-state index in [4.69, 9.17) is 21.8 Å². The second-order valence-corrected chi connectivity index (χ2v) is 5.30. The highest BCUT2D eigenvalue weighted by atomic mass is 35.5. The first-order valence-corrected chi connectivity index (χ1v) is 7.01. The van der Waals surface area contributed by atoms with Crippen molar-refractivity contribution in [3.63, 3.8) is 0 Å². The third-order valence-electron chi connectivity index (χ3n) is 3.44. The molecular weight excluding hydrogens is 300 g/mol. The standard InChI is InChI=1S/C16H11ClN4O/c17-15-6-11(5-13(20-15)10-3-4-22-9-10)14-7-19-16-2-1-12(18)8-21(14)16/h1-9H,18H2. The maximum atomic E-state index is 6.17. The van der Waals surface area contributed by atoms with Gasteiger partial charge >= 0.3 is 0 Å².